The predicted molar refractivity (Wildman–Crippen MR) is 29.0 cm³/mol. The number of nitrogens with one attached hydrogen (secondary N) is 1. The minimum Gasteiger partial charge on any atom is -0.666 e. The molecule has 1 amide bonds. The van der Waals surface area contributed by atoms with Crippen LogP contribution in [0.25, 0.3) is 5.73 Å². The van der Waals surface area contributed by atoms with Gasteiger partial charge >= 0.3 is 0 Å². The van der Waals surface area contributed by atoms with Gasteiger partial charge in [-0.05, 0) is 6.92 Å². The molecule has 1 unspecified atom stereocenters. The number of nitrogens with two attached hydrogens (primary N) is 1. The quantitative estimate of drug-likeness (QED) is 0.624. The molecule has 0 aliphatic carbocycles. The Kier molecular flexibility index (Phi) is 5.87. The maximum atomic E-state index is 10.1. The van der Waals surface area contributed by atoms with E-state index in [1.807, 2.05) is 0 Å². The van der Waals surface area contributed by atoms with Gasteiger partial charge < -0.3 is 21.4 Å². The van der Waals surface area contributed by atoms with Gasteiger partial charge in [0.2, 0.25) is 0 Å². The van der Waals surface area contributed by atoms with Gasteiger partial charge in [-0.2, -0.15) is 0 Å². The van der Waals surface area contributed by atoms with Gasteiger partial charge in [0.25, 0.3) is 0 Å². The van der Waals surface area contributed by atoms with Crippen LogP contribution in [0.2, 0.25) is 0 Å². The molecule has 0 saturated carbocycles. The van der Waals surface area contributed by atoms with Crippen molar-refractivity contribution in [3.8, 4) is 0 Å². The molecule has 0 aromatic heterocycles. The van der Waals surface area contributed by atoms with Crippen LogP contribution in [0.15, 0.2) is 0 Å². The molecule has 0 spiro atoms. The number of carbonyl (C=O) groups is 1. The van der Waals surface area contributed by atoms with Crippen LogP contribution in [0.1, 0.15) is 6.92 Å². The van der Waals surface area contributed by atoms with Crippen molar-refractivity contribution in [3.05, 3.63) is 5.73 Å². The fraction of sp³-hybridized carbons (Fsp3) is 0.750. The third kappa shape index (κ3) is 3.97. The summed E-state index contributed by atoms with van der Waals surface area (Å²) in [5.74, 6) is -0.944. The second-order valence-corrected chi connectivity index (χ2v) is 1.90. The fourth-order valence-corrected chi connectivity index (χ4v) is 0.0718. The van der Waals surface area contributed by atoms with Gasteiger partial charge in [0.15, 0.2) is 0 Å². The first kappa shape index (κ1) is 12.2. The third-order valence-electron chi connectivity index (χ3n) is 0.847. The summed E-state index contributed by atoms with van der Waals surface area (Å²) in [6, 6.07) is 0. The van der Waals surface area contributed by atoms with Gasteiger partial charge in [-0.1, -0.05) is 0 Å². The summed E-state index contributed by atoms with van der Waals surface area (Å²) < 4.78 is 0. The largest absolute Gasteiger partial charge is 0.666 e. The molecule has 0 saturated heterocycles. The number of rotatable bonds is 2. The van der Waals surface area contributed by atoms with Crippen LogP contribution in [-0.2, 0) is 37.5 Å². The monoisotopic (exact) mass is 206 g/mol. The molecule has 1 atom stereocenters. The third-order valence-corrected chi connectivity index (χ3v) is 0.847. The van der Waals surface area contributed by atoms with E-state index in [0.29, 0.717) is 0 Å². The molecule has 0 fully saturated rings. The predicted octanol–water partition coefficient (Wildman–Crippen LogP) is -0.728. The Morgan fingerprint density at radius 1 is 1.89 bits per heavy atom. The molecule has 0 heterocycles. The van der Waals surface area contributed by atoms with Crippen LogP contribution in [0.5, 0.6) is 0 Å². The summed E-state index contributed by atoms with van der Waals surface area (Å²) in [7, 11) is 0. The van der Waals surface area contributed by atoms with E-state index in [9.17, 15) is 4.79 Å². The molecule has 0 aromatic rings. The minimum absolute atomic E-state index is 0. The number of amides is 1. The number of aliphatic hydroxyl groups excluding tert-OH is 1. The maximum absolute atomic E-state index is 10.1. The zero-order valence-corrected chi connectivity index (χ0v) is 8.06. The molecular weight excluding hydrogens is 197 g/mol. The van der Waals surface area contributed by atoms with E-state index < -0.39 is 18.1 Å². The summed E-state index contributed by atoms with van der Waals surface area (Å²) in [6.45, 7) is 0.831. The summed E-state index contributed by atoms with van der Waals surface area (Å²) in [4.78, 5) is 10.1. The Bertz CT molecular complexity index is 105. The van der Waals surface area contributed by atoms with Crippen molar-refractivity contribution < 1.29 is 42.6 Å². The van der Waals surface area contributed by atoms with Crippen molar-refractivity contribution in [1.29, 1.82) is 0 Å². The van der Waals surface area contributed by atoms with Crippen LogP contribution in [0.4, 0.5) is 0 Å². The number of hydrogen-bond donors (Lipinski definition) is 2. The van der Waals surface area contributed by atoms with E-state index in [1.165, 1.54) is 6.92 Å². The van der Waals surface area contributed by atoms with Gasteiger partial charge in [-0.3, -0.25) is 0 Å². The van der Waals surface area contributed by atoms with E-state index >= 15 is 0 Å². The fourth-order valence-electron chi connectivity index (χ4n) is 0.0718. The number of aliphatic hydroxyl groups is 1. The number of hydrogen-bond acceptors (Lipinski definition) is 3. The molecule has 9 heavy (non-hydrogen) atoms. The summed E-state index contributed by atoms with van der Waals surface area (Å²) in [5, 5.41) is 8.30. The second-order valence-electron chi connectivity index (χ2n) is 1.90. The standard InChI is InChI=1S/C4H10N2O2.Y/c1-4(6,2-7)3(5)8;/h7H,2,6H2,1H3,(H2,5,8);/p-1. The topological polar surface area (TPSA) is 87.1 Å². The first-order chi connectivity index (χ1) is 3.50. The average Bonchev–Trinajstić information content (AvgIpc) is 1.67. The van der Waals surface area contributed by atoms with Crippen LogP contribution in [0, 0.1) is 0 Å². The molecule has 51 valence electrons. The van der Waals surface area contributed by atoms with Crippen molar-refractivity contribution in [3.63, 3.8) is 0 Å². The molecular formula is C4H9N2O2Y-. The van der Waals surface area contributed by atoms with Crippen LogP contribution < -0.4 is 5.73 Å². The Morgan fingerprint density at radius 3 is 2.22 bits per heavy atom. The van der Waals surface area contributed by atoms with Gasteiger partial charge in [-0.15, -0.1) is 0 Å². The normalized spacial score (nSPS) is 15.4. The van der Waals surface area contributed by atoms with Crippen LogP contribution in [-0.4, -0.2) is 23.2 Å². The van der Waals surface area contributed by atoms with Gasteiger partial charge in [-0.25, -0.2) is 0 Å². The Hall–Kier alpha value is 0.494. The van der Waals surface area contributed by atoms with Gasteiger partial charge in [0.05, 0.1) is 18.1 Å². The zero-order valence-electron chi connectivity index (χ0n) is 5.22. The molecule has 0 rings (SSSR count). The van der Waals surface area contributed by atoms with Crippen molar-refractivity contribution in [2.75, 3.05) is 6.61 Å². The Labute approximate surface area is 78.9 Å². The van der Waals surface area contributed by atoms with Crippen molar-refractivity contribution in [1.82, 2.24) is 0 Å². The molecule has 0 aliphatic heterocycles. The Morgan fingerprint density at radius 2 is 2.22 bits per heavy atom. The van der Waals surface area contributed by atoms with Crippen LogP contribution >= 0.6 is 0 Å². The molecule has 4 nitrogen and oxygen atoms in total. The van der Waals surface area contributed by atoms with Crippen LogP contribution in [0.3, 0.4) is 0 Å². The summed E-state index contributed by atoms with van der Waals surface area (Å²) in [6.07, 6.45) is 0. The van der Waals surface area contributed by atoms with Crippen molar-refractivity contribution >= 4 is 5.91 Å². The van der Waals surface area contributed by atoms with E-state index in [2.05, 4.69) is 0 Å². The Balaban J connectivity index is 0. The average molecular weight is 206 g/mol. The van der Waals surface area contributed by atoms with Gasteiger partial charge in [0.1, 0.15) is 0 Å². The van der Waals surface area contributed by atoms with Gasteiger partial charge in [0, 0.05) is 32.7 Å². The first-order valence-electron chi connectivity index (χ1n) is 2.16. The second kappa shape index (κ2) is 4.33. The molecule has 0 bridgehead atoms. The maximum Gasteiger partial charge on any atom is 0.0778 e. The summed E-state index contributed by atoms with van der Waals surface area (Å²) in [5.41, 5.74) is 10.2. The molecule has 5 heteroatoms. The molecule has 4 N–H and O–H groups in total. The first-order valence-corrected chi connectivity index (χ1v) is 2.16. The smallest absolute Gasteiger partial charge is 0.0778 e. The molecule has 0 aliphatic rings. The minimum atomic E-state index is -1.38. The van der Waals surface area contributed by atoms with Crippen molar-refractivity contribution in [2.24, 2.45) is 5.73 Å². The van der Waals surface area contributed by atoms with E-state index in [-0.39, 0.29) is 32.7 Å². The molecule has 1 radical (unpaired) electrons. The van der Waals surface area contributed by atoms with E-state index in [0.717, 1.165) is 0 Å². The molecule has 0 aromatic carbocycles. The zero-order chi connectivity index (χ0) is 6.78. The number of carbonyl (C=O) groups excluding carboxylic acids is 1. The SMILES string of the molecule is CC(N)(CO)C([NH-])=O.[Y]. The summed E-state index contributed by atoms with van der Waals surface area (Å²) >= 11 is 0. The van der Waals surface area contributed by atoms with E-state index in [1.54, 1.807) is 0 Å². The van der Waals surface area contributed by atoms with Crippen molar-refractivity contribution in [2.45, 2.75) is 12.5 Å². The van der Waals surface area contributed by atoms with E-state index in [4.69, 9.17) is 16.6 Å².